The molecule has 5 nitrogen and oxygen atoms in total. The Bertz CT molecular complexity index is 1050. The number of likely N-dealkylation sites (N-methyl/N-ethyl adjacent to an activating group) is 1. The maximum Gasteiger partial charge on any atom is 0.170 e. The molecule has 2 aromatic rings. The van der Waals surface area contributed by atoms with Gasteiger partial charge in [-0.3, -0.25) is 4.98 Å². The summed E-state index contributed by atoms with van der Waals surface area (Å²) in [5.41, 5.74) is 6.14. The highest BCUT2D eigenvalue weighted by Crippen LogP contribution is 2.43. The average Bonchev–Trinajstić information content (AvgIpc) is 3.41. The Kier molecular flexibility index (Phi) is 5.46. The summed E-state index contributed by atoms with van der Waals surface area (Å²) in [6.45, 7) is 8.38. The minimum atomic E-state index is -0.00256. The van der Waals surface area contributed by atoms with Gasteiger partial charge in [0.2, 0.25) is 0 Å². The summed E-state index contributed by atoms with van der Waals surface area (Å²) < 4.78 is 5.97. The molecule has 32 heavy (non-hydrogen) atoms. The second kappa shape index (κ2) is 8.16. The molecule has 0 unspecified atom stereocenters. The van der Waals surface area contributed by atoms with Crippen molar-refractivity contribution in [3.8, 4) is 0 Å². The summed E-state index contributed by atoms with van der Waals surface area (Å²) in [5.74, 6) is 0. The van der Waals surface area contributed by atoms with E-state index in [9.17, 15) is 0 Å². The van der Waals surface area contributed by atoms with Gasteiger partial charge in [-0.25, -0.2) is 0 Å². The number of allylic oxidation sites excluding steroid dienone is 1. The maximum atomic E-state index is 5.97. The third-order valence-corrected chi connectivity index (χ3v) is 7.56. The van der Waals surface area contributed by atoms with Crippen LogP contribution in [-0.2, 0) is 4.74 Å². The molecule has 3 aliphatic rings. The Labute approximate surface area is 196 Å². The number of benzene rings is 1. The SMILES string of the molecule is CC1=CC(C)(C)N(C)c2ccc([C@@H]3[C@@H](c4ccccn4)NC(=S)N3C[C@H]3CCCO3)cc21. The molecule has 6 heteroatoms. The Morgan fingerprint density at radius 3 is 2.81 bits per heavy atom. The van der Waals surface area contributed by atoms with Gasteiger partial charge in [0.25, 0.3) is 0 Å². The number of rotatable bonds is 4. The number of aromatic nitrogens is 1. The van der Waals surface area contributed by atoms with E-state index in [0.29, 0.717) is 0 Å². The smallest absolute Gasteiger partial charge is 0.170 e. The number of hydrogen-bond donors (Lipinski definition) is 1. The summed E-state index contributed by atoms with van der Waals surface area (Å²) >= 11 is 5.83. The van der Waals surface area contributed by atoms with Gasteiger partial charge in [0.1, 0.15) is 0 Å². The van der Waals surface area contributed by atoms with E-state index in [4.69, 9.17) is 17.0 Å². The van der Waals surface area contributed by atoms with Crippen molar-refractivity contribution >= 4 is 28.6 Å². The lowest BCUT2D eigenvalue weighted by molar-refractivity contribution is 0.0842. The topological polar surface area (TPSA) is 40.6 Å². The van der Waals surface area contributed by atoms with Gasteiger partial charge in [-0.1, -0.05) is 18.2 Å². The number of ether oxygens (including phenoxy) is 1. The molecule has 0 bridgehead atoms. The first kappa shape index (κ1) is 21.4. The van der Waals surface area contributed by atoms with Crippen LogP contribution >= 0.6 is 12.2 Å². The van der Waals surface area contributed by atoms with Crippen LogP contribution in [0.15, 0.2) is 48.7 Å². The molecule has 5 rings (SSSR count). The van der Waals surface area contributed by atoms with E-state index in [1.165, 1.54) is 22.4 Å². The van der Waals surface area contributed by atoms with Gasteiger partial charge >= 0.3 is 0 Å². The van der Waals surface area contributed by atoms with Crippen LogP contribution in [-0.4, -0.2) is 46.8 Å². The molecule has 1 aromatic carbocycles. The molecule has 0 amide bonds. The number of thiocarbonyl (C=S) groups is 1. The van der Waals surface area contributed by atoms with Crippen molar-refractivity contribution in [1.29, 1.82) is 0 Å². The van der Waals surface area contributed by atoms with Crippen molar-refractivity contribution in [2.75, 3.05) is 25.1 Å². The van der Waals surface area contributed by atoms with Gasteiger partial charge in [0.15, 0.2) is 5.11 Å². The van der Waals surface area contributed by atoms with Crippen molar-refractivity contribution in [2.45, 2.75) is 57.3 Å². The number of hydrogen-bond acceptors (Lipinski definition) is 4. The van der Waals surface area contributed by atoms with Crippen LogP contribution in [0, 0.1) is 0 Å². The van der Waals surface area contributed by atoms with E-state index in [-0.39, 0.29) is 23.7 Å². The highest BCUT2D eigenvalue weighted by molar-refractivity contribution is 7.80. The van der Waals surface area contributed by atoms with E-state index in [0.717, 1.165) is 36.8 Å². The highest BCUT2D eigenvalue weighted by Gasteiger charge is 2.41. The Morgan fingerprint density at radius 2 is 2.09 bits per heavy atom. The fraction of sp³-hybridized carbons (Fsp3) is 0.462. The standard InChI is InChI=1S/C26H32N4OS/c1-17-15-26(2,3)29(4)22-11-10-18(14-20(17)22)24-23(21-9-5-6-12-27-21)28-25(32)30(24)16-19-8-7-13-31-19/h5-6,9-12,14-15,19,23-24H,7-8,13,16H2,1-4H3,(H,28,32)/t19-,23-,24-/m1/s1. The second-order valence-electron chi connectivity index (χ2n) is 9.73. The first-order valence-corrected chi connectivity index (χ1v) is 11.9. The lowest BCUT2D eigenvalue weighted by Gasteiger charge is -2.41. The summed E-state index contributed by atoms with van der Waals surface area (Å²) in [6, 6.07) is 13.1. The van der Waals surface area contributed by atoms with E-state index < -0.39 is 0 Å². The molecule has 1 aromatic heterocycles. The van der Waals surface area contributed by atoms with E-state index in [1.807, 2.05) is 18.3 Å². The van der Waals surface area contributed by atoms with Gasteiger partial charge in [0.05, 0.1) is 29.4 Å². The molecule has 0 radical (unpaired) electrons. The zero-order chi connectivity index (χ0) is 22.5. The van der Waals surface area contributed by atoms with Crippen molar-refractivity contribution in [3.05, 3.63) is 65.5 Å². The molecular formula is C26H32N4OS. The average molecular weight is 449 g/mol. The predicted octanol–water partition coefficient (Wildman–Crippen LogP) is 4.86. The van der Waals surface area contributed by atoms with E-state index >= 15 is 0 Å². The largest absolute Gasteiger partial charge is 0.376 e. The van der Waals surface area contributed by atoms with Crippen LogP contribution in [0.4, 0.5) is 5.69 Å². The van der Waals surface area contributed by atoms with Crippen LogP contribution < -0.4 is 10.2 Å². The van der Waals surface area contributed by atoms with Crippen LogP contribution in [0.3, 0.4) is 0 Å². The third kappa shape index (κ3) is 3.69. The Morgan fingerprint density at radius 1 is 1.25 bits per heavy atom. The van der Waals surface area contributed by atoms with E-state index in [2.05, 4.69) is 78.3 Å². The van der Waals surface area contributed by atoms with Crippen LogP contribution in [0.2, 0.25) is 0 Å². The fourth-order valence-corrected chi connectivity index (χ4v) is 5.65. The molecule has 2 fully saturated rings. The summed E-state index contributed by atoms with van der Waals surface area (Å²) in [4.78, 5) is 9.35. The maximum absolute atomic E-state index is 5.97. The first-order chi connectivity index (χ1) is 15.3. The van der Waals surface area contributed by atoms with Gasteiger partial charge in [-0.15, -0.1) is 0 Å². The molecule has 1 N–H and O–H groups in total. The lowest BCUT2D eigenvalue weighted by atomic mass is 9.86. The molecule has 0 spiro atoms. The predicted molar refractivity (Wildman–Crippen MR) is 134 cm³/mol. The van der Waals surface area contributed by atoms with Gasteiger partial charge in [-0.05, 0) is 81.2 Å². The number of anilines is 1. The molecule has 168 valence electrons. The van der Waals surface area contributed by atoms with Gasteiger partial charge < -0.3 is 19.9 Å². The van der Waals surface area contributed by atoms with Crippen LogP contribution in [0.5, 0.6) is 0 Å². The quantitative estimate of drug-likeness (QED) is 0.674. The second-order valence-corrected chi connectivity index (χ2v) is 10.1. The molecular weight excluding hydrogens is 416 g/mol. The van der Waals surface area contributed by atoms with Crippen LogP contribution in [0.25, 0.3) is 5.57 Å². The Hall–Kier alpha value is -2.44. The molecule has 3 atom stereocenters. The zero-order valence-corrected chi connectivity index (χ0v) is 20.2. The zero-order valence-electron chi connectivity index (χ0n) is 19.3. The number of fused-ring (bicyclic) bond motifs is 1. The summed E-state index contributed by atoms with van der Waals surface area (Å²) in [5, 5.41) is 4.35. The lowest BCUT2D eigenvalue weighted by Crippen LogP contribution is -2.42. The van der Waals surface area contributed by atoms with Crippen molar-refractivity contribution < 1.29 is 4.74 Å². The van der Waals surface area contributed by atoms with Crippen molar-refractivity contribution in [2.24, 2.45) is 0 Å². The minimum Gasteiger partial charge on any atom is -0.376 e. The third-order valence-electron chi connectivity index (χ3n) is 7.20. The molecule has 0 saturated carbocycles. The number of nitrogens with zero attached hydrogens (tertiary/aromatic N) is 3. The number of pyridine rings is 1. The molecule has 3 aliphatic heterocycles. The summed E-state index contributed by atoms with van der Waals surface area (Å²) in [6.07, 6.45) is 6.66. The van der Waals surface area contributed by atoms with E-state index in [1.54, 1.807) is 0 Å². The summed E-state index contributed by atoms with van der Waals surface area (Å²) in [7, 11) is 2.17. The molecule has 0 aliphatic carbocycles. The molecule has 4 heterocycles. The molecule has 2 saturated heterocycles. The van der Waals surface area contributed by atoms with Crippen molar-refractivity contribution in [1.82, 2.24) is 15.2 Å². The monoisotopic (exact) mass is 448 g/mol. The first-order valence-electron chi connectivity index (χ1n) is 11.5. The fourth-order valence-electron chi connectivity index (χ4n) is 5.33. The Balaban J connectivity index is 1.57. The van der Waals surface area contributed by atoms with Crippen molar-refractivity contribution in [3.63, 3.8) is 0 Å². The highest BCUT2D eigenvalue weighted by atomic mass is 32.1. The van der Waals surface area contributed by atoms with Gasteiger partial charge in [0, 0.05) is 37.6 Å². The van der Waals surface area contributed by atoms with Gasteiger partial charge in [-0.2, -0.15) is 0 Å². The number of nitrogens with one attached hydrogen (secondary N) is 1. The minimum absolute atomic E-state index is 0.00256. The normalized spacial score (nSPS) is 26.7. The van der Waals surface area contributed by atoms with Crippen LogP contribution in [0.1, 0.15) is 62.5 Å².